The summed E-state index contributed by atoms with van der Waals surface area (Å²) < 4.78 is 10.1. The Morgan fingerprint density at radius 2 is 1.79 bits per heavy atom. The van der Waals surface area contributed by atoms with Gasteiger partial charge in [0.15, 0.2) is 13.2 Å². The number of amides is 1. The Morgan fingerprint density at radius 3 is 2.42 bits per heavy atom. The molecule has 1 aliphatic carbocycles. The van der Waals surface area contributed by atoms with E-state index < -0.39 is 5.97 Å². The molecular weight excluding hydrogens is 310 g/mol. The van der Waals surface area contributed by atoms with Gasteiger partial charge in [0.2, 0.25) is 0 Å². The van der Waals surface area contributed by atoms with E-state index in [2.05, 4.69) is 12.2 Å². The topological polar surface area (TPSA) is 81.7 Å². The van der Waals surface area contributed by atoms with E-state index in [-0.39, 0.29) is 25.2 Å². The van der Waals surface area contributed by atoms with Crippen LogP contribution in [-0.2, 0) is 14.3 Å². The first kappa shape index (κ1) is 18.0. The third-order valence-corrected chi connectivity index (χ3v) is 4.12. The standard InChI is InChI=1S/C18H23NO5/c1-13-2-6-15(7-3-13)19-17(21)11-24-18(22)12-23-16-8-4-14(10-20)5-9-16/h4-5,8-10,13,15H,2-3,6-7,11-12H2,1H3,(H,19,21). The van der Waals surface area contributed by atoms with Crippen molar-refractivity contribution < 1.29 is 23.9 Å². The van der Waals surface area contributed by atoms with Crippen LogP contribution < -0.4 is 10.1 Å². The molecule has 1 aliphatic rings. The highest BCUT2D eigenvalue weighted by molar-refractivity contribution is 5.81. The van der Waals surface area contributed by atoms with E-state index in [0.29, 0.717) is 17.2 Å². The Bertz CT molecular complexity index is 561. The van der Waals surface area contributed by atoms with Crippen molar-refractivity contribution in [3.8, 4) is 5.75 Å². The molecule has 2 rings (SSSR count). The first-order valence-electron chi connectivity index (χ1n) is 8.20. The summed E-state index contributed by atoms with van der Waals surface area (Å²) in [6, 6.07) is 6.54. The molecule has 1 aromatic carbocycles. The predicted molar refractivity (Wildman–Crippen MR) is 87.8 cm³/mol. The maximum atomic E-state index is 11.8. The minimum absolute atomic E-state index is 0.181. The van der Waals surface area contributed by atoms with E-state index in [0.717, 1.165) is 32.0 Å². The van der Waals surface area contributed by atoms with Crippen LogP contribution in [0, 0.1) is 5.92 Å². The third-order valence-electron chi connectivity index (χ3n) is 4.12. The van der Waals surface area contributed by atoms with E-state index >= 15 is 0 Å². The van der Waals surface area contributed by atoms with E-state index in [1.165, 1.54) is 0 Å². The highest BCUT2D eigenvalue weighted by atomic mass is 16.6. The number of esters is 1. The van der Waals surface area contributed by atoms with Gasteiger partial charge in [0, 0.05) is 11.6 Å². The maximum Gasteiger partial charge on any atom is 0.344 e. The lowest BCUT2D eigenvalue weighted by atomic mass is 9.87. The van der Waals surface area contributed by atoms with Crippen LogP contribution in [0.25, 0.3) is 0 Å². The quantitative estimate of drug-likeness (QED) is 0.610. The van der Waals surface area contributed by atoms with E-state index in [4.69, 9.17) is 9.47 Å². The number of hydrogen-bond acceptors (Lipinski definition) is 5. The molecule has 0 bridgehead atoms. The Morgan fingerprint density at radius 1 is 1.12 bits per heavy atom. The molecule has 0 unspecified atom stereocenters. The molecule has 0 aromatic heterocycles. The van der Waals surface area contributed by atoms with Crippen molar-refractivity contribution in [3.05, 3.63) is 29.8 Å². The Hall–Kier alpha value is -2.37. The number of nitrogens with one attached hydrogen (secondary N) is 1. The van der Waals surface area contributed by atoms with E-state index in [9.17, 15) is 14.4 Å². The van der Waals surface area contributed by atoms with Gasteiger partial charge in [-0.3, -0.25) is 9.59 Å². The number of rotatable bonds is 7. The third kappa shape index (κ3) is 6.02. The molecule has 0 aliphatic heterocycles. The molecule has 1 amide bonds. The number of benzene rings is 1. The lowest BCUT2D eigenvalue weighted by Gasteiger charge is -2.26. The molecular formula is C18H23NO5. The van der Waals surface area contributed by atoms with Crippen LogP contribution in [0.15, 0.2) is 24.3 Å². The van der Waals surface area contributed by atoms with Gasteiger partial charge in [-0.2, -0.15) is 0 Å². The summed E-state index contributed by atoms with van der Waals surface area (Å²) in [5.41, 5.74) is 0.527. The molecule has 0 heterocycles. The van der Waals surface area contributed by atoms with Crippen molar-refractivity contribution in [2.45, 2.75) is 38.6 Å². The summed E-state index contributed by atoms with van der Waals surface area (Å²) in [7, 11) is 0. The lowest BCUT2D eigenvalue weighted by Crippen LogP contribution is -2.39. The molecule has 24 heavy (non-hydrogen) atoms. The van der Waals surface area contributed by atoms with Gasteiger partial charge < -0.3 is 14.8 Å². The van der Waals surface area contributed by atoms with Gasteiger partial charge in [-0.15, -0.1) is 0 Å². The molecule has 0 spiro atoms. The van der Waals surface area contributed by atoms with Gasteiger partial charge in [0.25, 0.3) is 5.91 Å². The predicted octanol–water partition coefficient (Wildman–Crippen LogP) is 2.12. The van der Waals surface area contributed by atoms with E-state index in [1.54, 1.807) is 24.3 Å². The summed E-state index contributed by atoms with van der Waals surface area (Å²) >= 11 is 0. The minimum atomic E-state index is -0.609. The first-order valence-corrected chi connectivity index (χ1v) is 8.20. The highest BCUT2D eigenvalue weighted by Gasteiger charge is 2.20. The summed E-state index contributed by atoms with van der Waals surface area (Å²) in [6.07, 6.45) is 4.90. The van der Waals surface area contributed by atoms with Crippen molar-refractivity contribution in [2.75, 3.05) is 13.2 Å². The second-order valence-electron chi connectivity index (χ2n) is 6.16. The van der Waals surface area contributed by atoms with Crippen molar-refractivity contribution in [2.24, 2.45) is 5.92 Å². The van der Waals surface area contributed by atoms with Crippen LogP contribution in [0.5, 0.6) is 5.75 Å². The van der Waals surface area contributed by atoms with Gasteiger partial charge in [-0.05, 0) is 55.9 Å². The van der Waals surface area contributed by atoms with Gasteiger partial charge >= 0.3 is 5.97 Å². The van der Waals surface area contributed by atoms with Crippen molar-refractivity contribution >= 4 is 18.2 Å². The highest BCUT2D eigenvalue weighted by Crippen LogP contribution is 2.23. The molecule has 1 aromatic rings. The Kier molecular flexibility index (Phi) is 6.78. The average molecular weight is 333 g/mol. The SMILES string of the molecule is CC1CCC(NC(=O)COC(=O)COc2ccc(C=O)cc2)CC1. The maximum absolute atomic E-state index is 11.8. The zero-order chi connectivity index (χ0) is 17.4. The van der Waals surface area contributed by atoms with Gasteiger partial charge in [0.1, 0.15) is 12.0 Å². The monoisotopic (exact) mass is 333 g/mol. The largest absolute Gasteiger partial charge is 0.482 e. The fraction of sp³-hybridized carbons (Fsp3) is 0.500. The van der Waals surface area contributed by atoms with Crippen LogP contribution in [0.2, 0.25) is 0 Å². The number of carbonyl (C=O) groups is 3. The number of ether oxygens (including phenoxy) is 2. The van der Waals surface area contributed by atoms with Crippen LogP contribution >= 0.6 is 0 Å². The number of carbonyl (C=O) groups excluding carboxylic acids is 3. The Labute approximate surface area is 141 Å². The summed E-state index contributed by atoms with van der Waals surface area (Å²) in [6.45, 7) is 1.64. The fourth-order valence-electron chi connectivity index (χ4n) is 2.65. The Balaban J connectivity index is 1.63. The minimum Gasteiger partial charge on any atom is -0.482 e. The molecule has 1 fully saturated rings. The zero-order valence-electron chi connectivity index (χ0n) is 13.8. The lowest BCUT2D eigenvalue weighted by molar-refractivity contribution is -0.150. The summed E-state index contributed by atoms with van der Waals surface area (Å²) in [5.74, 6) is 0.284. The molecule has 0 saturated heterocycles. The van der Waals surface area contributed by atoms with E-state index in [1.807, 2.05) is 0 Å². The van der Waals surface area contributed by atoms with Crippen molar-refractivity contribution in [1.82, 2.24) is 5.32 Å². The van der Waals surface area contributed by atoms with Gasteiger partial charge in [0.05, 0.1) is 0 Å². The van der Waals surface area contributed by atoms with Crippen LogP contribution in [0.4, 0.5) is 0 Å². The van der Waals surface area contributed by atoms with Gasteiger partial charge in [-0.25, -0.2) is 4.79 Å². The molecule has 1 N–H and O–H groups in total. The van der Waals surface area contributed by atoms with Crippen LogP contribution in [0.3, 0.4) is 0 Å². The molecule has 0 radical (unpaired) electrons. The van der Waals surface area contributed by atoms with Gasteiger partial charge in [-0.1, -0.05) is 6.92 Å². The van der Waals surface area contributed by atoms with Crippen LogP contribution in [-0.4, -0.2) is 37.4 Å². The molecule has 1 saturated carbocycles. The second kappa shape index (κ2) is 9.05. The normalized spacial score (nSPS) is 20.0. The second-order valence-corrected chi connectivity index (χ2v) is 6.16. The molecule has 130 valence electrons. The molecule has 6 nitrogen and oxygen atoms in total. The first-order chi connectivity index (χ1) is 11.6. The summed E-state index contributed by atoms with van der Waals surface area (Å²) in [5, 5.41) is 2.89. The fourth-order valence-corrected chi connectivity index (χ4v) is 2.65. The smallest absolute Gasteiger partial charge is 0.344 e. The van der Waals surface area contributed by atoms with Crippen LogP contribution in [0.1, 0.15) is 43.0 Å². The van der Waals surface area contributed by atoms with Crippen molar-refractivity contribution in [1.29, 1.82) is 0 Å². The molecule has 0 atom stereocenters. The number of hydrogen-bond donors (Lipinski definition) is 1. The number of aldehydes is 1. The average Bonchev–Trinajstić information content (AvgIpc) is 2.60. The van der Waals surface area contributed by atoms with Crippen molar-refractivity contribution in [3.63, 3.8) is 0 Å². The molecule has 6 heteroatoms. The summed E-state index contributed by atoms with van der Waals surface area (Å²) in [4.78, 5) is 33.9. The zero-order valence-corrected chi connectivity index (χ0v) is 13.8.